The van der Waals surface area contributed by atoms with Gasteiger partial charge in [-0.05, 0) is 20.5 Å². The maximum atomic E-state index is 12.0. The molecular weight excluding hydrogens is 222 g/mol. The molecule has 0 aliphatic carbocycles. The fourth-order valence-electron chi connectivity index (χ4n) is 1.41. The molecule has 0 rings (SSSR count). The molecule has 0 bridgehead atoms. The standard InChI is InChI=1S/C11H23N3O3/c1-5-6-14(8-7-12(2)3)11(17)13(4)9-10(15)16/h5-9H2,1-4H3,(H,15,16). The molecule has 6 heteroatoms. The van der Waals surface area contributed by atoms with E-state index in [1.54, 1.807) is 4.90 Å². The summed E-state index contributed by atoms with van der Waals surface area (Å²) in [6, 6.07) is -0.226. The summed E-state index contributed by atoms with van der Waals surface area (Å²) in [6.45, 7) is 3.76. The number of carboxylic acids is 1. The van der Waals surface area contributed by atoms with E-state index in [1.165, 1.54) is 11.9 Å². The number of carbonyl (C=O) groups is 2. The van der Waals surface area contributed by atoms with Crippen LogP contribution in [-0.2, 0) is 4.79 Å². The van der Waals surface area contributed by atoms with E-state index in [2.05, 4.69) is 0 Å². The van der Waals surface area contributed by atoms with Crippen molar-refractivity contribution < 1.29 is 14.7 Å². The Labute approximate surface area is 103 Å². The van der Waals surface area contributed by atoms with Crippen molar-refractivity contribution in [3.05, 3.63) is 0 Å². The Morgan fingerprint density at radius 2 is 1.65 bits per heavy atom. The Kier molecular flexibility index (Phi) is 7.29. The first-order chi connectivity index (χ1) is 7.88. The monoisotopic (exact) mass is 245 g/mol. The highest BCUT2D eigenvalue weighted by atomic mass is 16.4. The van der Waals surface area contributed by atoms with Gasteiger partial charge in [-0.3, -0.25) is 4.79 Å². The lowest BCUT2D eigenvalue weighted by molar-refractivity contribution is -0.137. The largest absolute Gasteiger partial charge is 0.480 e. The normalized spacial score (nSPS) is 10.4. The van der Waals surface area contributed by atoms with Crippen molar-refractivity contribution in [3.63, 3.8) is 0 Å². The van der Waals surface area contributed by atoms with E-state index in [0.29, 0.717) is 13.1 Å². The smallest absolute Gasteiger partial charge is 0.323 e. The lowest BCUT2D eigenvalue weighted by atomic mass is 10.4. The first-order valence-electron chi connectivity index (χ1n) is 5.75. The fraction of sp³-hybridized carbons (Fsp3) is 0.818. The zero-order valence-corrected chi connectivity index (χ0v) is 11.1. The molecule has 0 fully saturated rings. The summed E-state index contributed by atoms with van der Waals surface area (Å²) in [5, 5.41) is 8.64. The van der Waals surface area contributed by atoms with Gasteiger partial charge in [0.25, 0.3) is 0 Å². The summed E-state index contributed by atoms with van der Waals surface area (Å²) in [4.78, 5) is 27.4. The molecule has 0 spiro atoms. The Morgan fingerprint density at radius 3 is 2.06 bits per heavy atom. The SMILES string of the molecule is CCCN(CCN(C)C)C(=O)N(C)CC(=O)O. The van der Waals surface area contributed by atoms with Crippen LogP contribution in [-0.4, -0.2) is 79.1 Å². The first-order valence-corrected chi connectivity index (χ1v) is 5.75. The van der Waals surface area contributed by atoms with Gasteiger partial charge < -0.3 is 19.8 Å². The van der Waals surface area contributed by atoms with Gasteiger partial charge in [0, 0.05) is 26.7 Å². The first kappa shape index (κ1) is 15.7. The van der Waals surface area contributed by atoms with E-state index in [1.807, 2.05) is 25.9 Å². The number of rotatable bonds is 7. The molecule has 0 saturated heterocycles. The van der Waals surface area contributed by atoms with Crippen molar-refractivity contribution in [1.29, 1.82) is 0 Å². The van der Waals surface area contributed by atoms with E-state index in [0.717, 1.165) is 13.0 Å². The summed E-state index contributed by atoms with van der Waals surface area (Å²) < 4.78 is 0. The van der Waals surface area contributed by atoms with Crippen LogP contribution in [0.25, 0.3) is 0 Å². The van der Waals surface area contributed by atoms with Crippen molar-refractivity contribution in [3.8, 4) is 0 Å². The van der Waals surface area contributed by atoms with E-state index < -0.39 is 5.97 Å². The van der Waals surface area contributed by atoms with Crippen molar-refractivity contribution in [2.24, 2.45) is 0 Å². The third-order valence-electron chi connectivity index (χ3n) is 2.28. The van der Waals surface area contributed by atoms with Gasteiger partial charge >= 0.3 is 12.0 Å². The minimum Gasteiger partial charge on any atom is -0.480 e. The number of likely N-dealkylation sites (N-methyl/N-ethyl adjacent to an activating group) is 2. The van der Waals surface area contributed by atoms with Crippen molar-refractivity contribution in [1.82, 2.24) is 14.7 Å². The van der Waals surface area contributed by atoms with E-state index in [9.17, 15) is 9.59 Å². The van der Waals surface area contributed by atoms with E-state index >= 15 is 0 Å². The number of urea groups is 1. The molecule has 0 aliphatic rings. The van der Waals surface area contributed by atoms with Gasteiger partial charge in [0.05, 0.1) is 0 Å². The van der Waals surface area contributed by atoms with E-state index in [-0.39, 0.29) is 12.6 Å². The third-order valence-corrected chi connectivity index (χ3v) is 2.28. The average Bonchev–Trinajstić information content (AvgIpc) is 2.21. The van der Waals surface area contributed by atoms with Gasteiger partial charge in [0.1, 0.15) is 6.54 Å². The second-order valence-corrected chi connectivity index (χ2v) is 4.32. The molecule has 0 unspecified atom stereocenters. The zero-order chi connectivity index (χ0) is 13.4. The van der Waals surface area contributed by atoms with Crippen LogP contribution < -0.4 is 0 Å². The van der Waals surface area contributed by atoms with Gasteiger partial charge in [0.2, 0.25) is 0 Å². The van der Waals surface area contributed by atoms with Crippen LogP contribution in [0.15, 0.2) is 0 Å². The number of aliphatic carboxylic acids is 1. The van der Waals surface area contributed by atoms with Gasteiger partial charge in [-0.15, -0.1) is 0 Å². The number of nitrogens with zero attached hydrogens (tertiary/aromatic N) is 3. The summed E-state index contributed by atoms with van der Waals surface area (Å²) in [5.74, 6) is -0.995. The number of carboxylic acid groups (broad SMARTS) is 1. The Balaban J connectivity index is 4.36. The molecule has 1 N–H and O–H groups in total. The topological polar surface area (TPSA) is 64.1 Å². The molecule has 0 aliphatic heterocycles. The number of hydrogen-bond donors (Lipinski definition) is 1. The zero-order valence-electron chi connectivity index (χ0n) is 11.1. The highest BCUT2D eigenvalue weighted by Gasteiger charge is 2.18. The molecule has 0 aromatic rings. The van der Waals surface area contributed by atoms with Crippen LogP contribution >= 0.6 is 0 Å². The highest BCUT2D eigenvalue weighted by Crippen LogP contribution is 1.99. The van der Waals surface area contributed by atoms with Crippen LogP contribution in [0.3, 0.4) is 0 Å². The highest BCUT2D eigenvalue weighted by molar-refractivity contribution is 5.79. The third kappa shape index (κ3) is 6.78. The Bertz CT molecular complexity index is 256. The molecule has 0 heterocycles. The summed E-state index contributed by atoms with van der Waals surface area (Å²) in [6.07, 6.45) is 0.861. The molecule has 0 radical (unpaired) electrons. The number of carbonyl (C=O) groups excluding carboxylic acids is 1. The van der Waals surface area contributed by atoms with Crippen LogP contribution in [0.4, 0.5) is 4.79 Å². The van der Waals surface area contributed by atoms with Gasteiger partial charge in [-0.1, -0.05) is 6.92 Å². The maximum Gasteiger partial charge on any atom is 0.323 e. The van der Waals surface area contributed by atoms with Crippen LogP contribution in [0.1, 0.15) is 13.3 Å². The molecule has 17 heavy (non-hydrogen) atoms. The Hall–Kier alpha value is -1.30. The van der Waals surface area contributed by atoms with E-state index in [4.69, 9.17) is 5.11 Å². The van der Waals surface area contributed by atoms with Gasteiger partial charge in [0.15, 0.2) is 0 Å². The fourth-order valence-corrected chi connectivity index (χ4v) is 1.41. The minimum absolute atomic E-state index is 0.226. The molecule has 2 amide bonds. The minimum atomic E-state index is -0.995. The predicted molar refractivity (Wildman–Crippen MR) is 66.1 cm³/mol. The molecule has 6 nitrogen and oxygen atoms in total. The summed E-state index contributed by atoms with van der Waals surface area (Å²) in [7, 11) is 5.39. The van der Waals surface area contributed by atoms with Gasteiger partial charge in [-0.2, -0.15) is 0 Å². The molecule has 0 aromatic heterocycles. The van der Waals surface area contributed by atoms with Crippen LogP contribution in [0, 0.1) is 0 Å². The lowest BCUT2D eigenvalue weighted by Gasteiger charge is -2.28. The quantitative estimate of drug-likeness (QED) is 0.705. The lowest BCUT2D eigenvalue weighted by Crippen LogP contribution is -2.45. The molecule has 0 aromatic carbocycles. The van der Waals surface area contributed by atoms with Crippen LogP contribution in [0.2, 0.25) is 0 Å². The summed E-state index contributed by atoms with van der Waals surface area (Å²) >= 11 is 0. The second-order valence-electron chi connectivity index (χ2n) is 4.32. The molecule has 0 saturated carbocycles. The molecular formula is C11H23N3O3. The maximum absolute atomic E-state index is 12.0. The van der Waals surface area contributed by atoms with Gasteiger partial charge in [-0.25, -0.2) is 4.79 Å². The van der Waals surface area contributed by atoms with Crippen molar-refractivity contribution in [2.75, 3.05) is 47.3 Å². The average molecular weight is 245 g/mol. The summed E-state index contributed by atoms with van der Waals surface area (Å²) in [5.41, 5.74) is 0. The van der Waals surface area contributed by atoms with Crippen molar-refractivity contribution in [2.45, 2.75) is 13.3 Å². The molecule has 100 valence electrons. The second kappa shape index (κ2) is 7.89. The number of amides is 2. The predicted octanol–water partition coefficient (Wildman–Crippen LogP) is 0.396. The van der Waals surface area contributed by atoms with Crippen LogP contribution in [0.5, 0.6) is 0 Å². The molecule has 0 atom stereocenters. The van der Waals surface area contributed by atoms with Crippen molar-refractivity contribution >= 4 is 12.0 Å². The number of hydrogen-bond acceptors (Lipinski definition) is 3. The Morgan fingerprint density at radius 1 is 1.06 bits per heavy atom.